The Labute approximate surface area is 157 Å². The van der Waals surface area contributed by atoms with Crippen LogP contribution in [0.5, 0.6) is 0 Å². The molecule has 1 saturated carbocycles. The van der Waals surface area contributed by atoms with Crippen LogP contribution in [-0.4, -0.2) is 37.6 Å². The minimum atomic E-state index is -0.495. The predicted octanol–water partition coefficient (Wildman–Crippen LogP) is 1.02. The first-order valence-electron chi connectivity index (χ1n) is 8.37. The van der Waals surface area contributed by atoms with Crippen LogP contribution in [0.1, 0.15) is 23.2 Å². The van der Waals surface area contributed by atoms with Crippen molar-refractivity contribution in [3.63, 3.8) is 0 Å². The molecule has 3 aromatic rings. The number of tetrazole rings is 1. The molecule has 1 aromatic carbocycles. The summed E-state index contributed by atoms with van der Waals surface area (Å²) in [4.78, 5) is 36.6. The smallest absolute Gasteiger partial charge is 0.349 e. The molecule has 2 amide bonds. The van der Waals surface area contributed by atoms with Gasteiger partial charge in [-0.05, 0) is 59.0 Å². The third kappa shape index (κ3) is 3.95. The SMILES string of the molecule is O=C(Cn1nnn(-c2cccs2)c1=O)Nc1cccc(C(=O)NC2CC2)c1. The van der Waals surface area contributed by atoms with Gasteiger partial charge in [0.15, 0.2) is 0 Å². The van der Waals surface area contributed by atoms with Gasteiger partial charge in [0.25, 0.3) is 5.91 Å². The van der Waals surface area contributed by atoms with Crippen LogP contribution < -0.4 is 16.3 Å². The van der Waals surface area contributed by atoms with E-state index in [4.69, 9.17) is 0 Å². The second-order valence-electron chi connectivity index (χ2n) is 6.16. The number of carbonyl (C=O) groups is 2. The number of nitrogens with zero attached hydrogens (tertiary/aromatic N) is 4. The van der Waals surface area contributed by atoms with Crippen LogP contribution in [-0.2, 0) is 11.3 Å². The molecular formula is C17H16N6O3S. The second kappa shape index (κ2) is 7.16. The summed E-state index contributed by atoms with van der Waals surface area (Å²) in [5, 5.41) is 15.5. The zero-order chi connectivity index (χ0) is 18.8. The number of hydrogen-bond acceptors (Lipinski definition) is 6. The summed E-state index contributed by atoms with van der Waals surface area (Å²) in [5.74, 6) is -0.598. The first-order valence-corrected chi connectivity index (χ1v) is 9.25. The van der Waals surface area contributed by atoms with Gasteiger partial charge >= 0.3 is 5.69 Å². The van der Waals surface area contributed by atoms with Gasteiger partial charge in [0.2, 0.25) is 5.91 Å². The maximum Gasteiger partial charge on any atom is 0.369 e. The molecule has 2 heterocycles. The molecule has 0 unspecified atom stereocenters. The lowest BCUT2D eigenvalue weighted by molar-refractivity contribution is -0.117. The molecule has 4 rings (SSSR count). The van der Waals surface area contributed by atoms with Crippen molar-refractivity contribution in [3.05, 3.63) is 57.8 Å². The maximum atomic E-state index is 12.3. The third-order valence-corrected chi connectivity index (χ3v) is 4.81. The van der Waals surface area contributed by atoms with E-state index in [0.29, 0.717) is 16.3 Å². The van der Waals surface area contributed by atoms with Crippen LogP contribution in [0.2, 0.25) is 0 Å². The van der Waals surface area contributed by atoms with Gasteiger partial charge in [0.1, 0.15) is 11.5 Å². The van der Waals surface area contributed by atoms with Crippen molar-refractivity contribution in [1.82, 2.24) is 25.1 Å². The fourth-order valence-corrected chi connectivity index (χ4v) is 3.14. The number of carbonyl (C=O) groups excluding carboxylic acids is 2. The Morgan fingerprint density at radius 1 is 1.19 bits per heavy atom. The third-order valence-electron chi connectivity index (χ3n) is 3.97. The van der Waals surface area contributed by atoms with E-state index in [-0.39, 0.29) is 18.5 Å². The molecule has 2 N–H and O–H groups in total. The molecule has 138 valence electrons. The zero-order valence-corrected chi connectivity index (χ0v) is 15.0. The first-order chi connectivity index (χ1) is 13.1. The largest absolute Gasteiger partial charge is 0.369 e. The molecule has 10 heteroatoms. The van der Waals surface area contributed by atoms with Crippen molar-refractivity contribution < 1.29 is 9.59 Å². The second-order valence-corrected chi connectivity index (χ2v) is 7.09. The van der Waals surface area contributed by atoms with E-state index in [0.717, 1.165) is 22.2 Å². The summed E-state index contributed by atoms with van der Waals surface area (Å²) in [6.07, 6.45) is 2.01. The van der Waals surface area contributed by atoms with Crippen LogP contribution in [0.4, 0.5) is 5.69 Å². The Hall–Kier alpha value is -3.27. The van der Waals surface area contributed by atoms with Gasteiger partial charge in [-0.25, -0.2) is 4.79 Å². The molecule has 1 aliphatic rings. The van der Waals surface area contributed by atoms with E-state index in [2.05, 4.69) is 21.1 Å². The highest BCUT2D eigenvalue weighted by molar-refractivity contribution is 7.12. The van der Waals surface area contributed by atoms with E-state index >= 15 is 0 Å². The van der Waals surface area contributed by atoms with Crippen LogP contribution in [0.3, 0.4) is 0 Å². The molecule has 9 nitrogen and oxygen atoms in total. The summed E-state index contributed by atoms with van der Waals surface area (Å²) in [5.41, 5.74) is 0.452. The molecule has 2 aromatic heterocycles. The van der Waals surface area contributed by atoms with Gasteiger partial charge in [-0.3, -0.25) is 9.59 Å². The Kier molecular flexibility index (Phi) is 4.55. The Morgan fingerprint density at radius 2 is 2.04 bits per heavy atom. The molecule has 0 bridgehead atoms. The van der Waals surface area contributed by atoms with E-state index in [1.807, 2.05) is 5.38 Å². The van der Waals surface area contributed by atoms with E-state index in [1.165, 1.54) is 11.3 Å². The monoisotopic (exact) mass is 384 g/mol. The lowest BCUT2D eigenvalue weighted by atomic mass is 10.2. The van der Waals surface area contributed by atoms with Crippen molar-refractivity contribution in [1.29, 1.82) is 0 Å². The van der Waals surface area contributed by atoms with Crippen LogP contribution in [0, 0.1) is 0 Å². The number of amides is 2. The first kappa shape index (κ1) is 17.2. The molecular weight excluding hydrogens is 368 g/mol. The van der Waals surface area contributed by atoms with Crippen molar-refractivity contribution in [2.45, 2.75) is 25.4 Å². The van der Waals surface area contributed by atoms with Crippen molar-refractivity contribution in [2.24, 2.45) is 0 Å². The number of nitrogens with one attached hydrogen (secondary N) is 2. The summed E-state index contributed by atoms with van der Waals surface area (Å²) >= 11 is 1.35. The number of rotatable bonds is 6. The summed E-state index contributed by atoms with van der Waals surface area (Å²) in [6.45, 7) is -0.275. The minimum absolute atomic E-state index is 0.163. The lowest BCUT2D eigenvalue weighted by Gasteiger charge is -2.07. The highest BCUT2D eigenvalue weighted by atomic mass is 32.1. The van der Waals surface area contributed by atoms with Gasteiger partial charge in [-0.15, -0.1) is 11.3 Å². The average molecular weight is 384 g/mol. The maximum absolute atomic E-state index is 12.3. The number of benzene rings is 1. The fourth-order valence-electron chi connectivity index (χ4n) is 2.47. The molecule has 0 spiro atoms. The van der Waals surface area contributed by atoms with Crippen LogP contribution in [0.15, 0.2) is 46.6 Å². The van der Waals surface area contributed by atoms with E-state index in [1.54, 1.807) is 36.4 Å². The predicted molar refractivity (Wildman–Crippen MR) is 99.1 cm³/mol. The number of hydrogen-bond donors (Lipinski definition) is 2. The Bertz CT molecular complexity index is 1040. The van der Waals surface area contributed by atoms with Gasteiger partial charge in [0.05, 0.1) is 0 Å². The standard InChI is InChI=1S/C17H16N6O3S/c24-14(10-22-17(26)23(21-20-22)15-5-2-8-27-15)18-13-4-1-3-11(9-13)16(25)19-12-6-7-12/h1-5,8-9,12H,6-7,10H2,(H,18,24)(H,19,25). The summed E-state index contributed by atoms with van der Waals surface area (Å²) in [7, 11) is 0. The van der Waals surface area contributed by atoms with Crippen LogP contribution in [0.25, 0.3) is 5.00 Å². The highest BCUT2D eigenvalue weighted by Gasteiger charge is 2.23. The molecule has 0 radical (unpaired) electrons. The van der Waals surface area contributed by atoms with Crippen molar-refractivity contribution >= 4 is 28.8 Å². The normalized spacial score (nSPS) is 13.3. The zero-order valence-electron chi connectivity index (χ0n) is 14.2. The molecule has 0 aliphatic heterocycles. The minimum Gasteiger partial charge on any atom is -0.349 e. The molecule has 27 heavy (non-hydrogen) atoms. The molecule has 1 fully saturated rings. The quantitative estimate of drug-likeness (QED) is 0.659. The number of aromatic nitrogens is 4. The van der Waals surface area contributed by atoms with Gasteiger partial charge in [0, 0.05) is 17.3 Å². The summed E-state index contributed by atoms with van der Waals surface area (Å²) < 4.78 is 2.12. The van der Waals surface area contributed by atoms with E-state index < -0.39 is 11.6 Å². The Balaban J connectivity index is 1.42. The van der Waals surface area contributed by atoms with Crippen molar-refractivity contribution in [2.75, 3.05) is 5.32 Å². The number of thiophene rings is 1. The Morgan fingerprint density at radius 3 is 2.78 bits per heavy atom. The van der Waals surface area contributed by atoms with Gasteiger partial charge in [-0.2, -0.15) is 9.36 Å². The topological polar surface area (TPSA) is 111 Å². The lowest BCUT2D eigenvalue weighted by Crippen LogP contribution is -2.29. The fraction of sp³-hybridized carbons (Fsp3) is 0.235. The van der Waals surface area contributed by atoms with E-state index in [9.17, 15) is 14.4 Å². The molecule has 0 saturated heterocycles. The van der Waals surface area contributed by atoms with Gasteiger partial charge in [-0.1, -0.05) is 6.07 Å². The summed E-state index contributed by atoms with van der Waals surface area (Å²) in [6, 6.07) is 10.4. The highest BCUT2D eigenvalue weighted by Crippen LogP contribution is 2.20. The van der Waals surface area contributed by atoms with Crippen LogP contribution >= 0.6 is 11.3 Å². The van der Waals surface area contributed by atoms with Crippen molar-refractivity contribution in [3.8, 4) is 5.00 Å². The van der Waals surface area contributed by atoms with Gasteiger partial charge < -0.3 is 10.6 Å². The molecule has 0 atom stereocenters. The number of anilines is 1. The average Bonchev–Trinajstić information content (AvgIpc) is 3.16. The molecule has 1 aliphatic carbocycles.